The zero-order valence-corrected chi connectivity index (χ0v) is 21.9. The number of thioether (sulfide) groups is 1. The monoisotopic (exact) mass is 568 g/mol. The van der Waals surface area contributed by atoms with E-state index >= 15 is 0 Å². The van der Waals surface area contributed by atoms with Crippen molar-refractivity contribution in [1.29, 1.82) is 0 Å². The number of hydrogen-bond acceptors (Lipinski definition) is 4. The molecule has 0 saturated heterocycles. The maximum absolute atomic E-state index is 13.3. The maximum atomic E-state index is 13.3. The fourth-order valence-electron chi connectivity index (χ4n) is 3.29. The molecular formula is C24H17Cl4FN4OS. The molecule has 0 aliphatic heterocycles. The van der Waals surface area contributed by atoms with Gasteiger partial charge < -0.3 is 5.32 Å². The van der Waals surface area contributed by atoms with Crippen molar-refractivity contribution in [3.05, 3.63) is 104 Å². The first-order chi connectivity index (χ1) is 16.7. The summed E-state index contributed by atoms with van der Waals surface area (Å²) in [4.78, 5) is 12.9. The minimum absolute atomic E-state index is 0.236. The van der Waals surface area contributed by atoms with Crippen molar-refractivity contribution >= 4 is 64.1 Å². The molecule has 1 aromatic heterocycles. The molecule has 1 unspecified atom stereocenters. The molecule has 11 heteroatoms. The Hall–Kier alpha value is -2.29. The highest BCUT2D eigenvalue weighted by Gasteiger charge is 2.23. The molecule has 0 fully saturated rings. The predicted molar refractivity (Wildman–Crippen MR) is 140 cm³/mol. The molecular weight excluding hydrogens is 553 g/mol. The third-order valence-corrected chi connectivity index (χ3v) is 7.09. The van der Waals surface area contributed by atoms with Crippen molar-refractivity contribution < 1.29 is 9.18 Å². The number of nitrogens with one attached hydrogen (secondary N) is 1. The van der Waals surface area contributed by atoms with E-state index in [1.54, 1.807) is 54.0 Å². The smallest absolute Gasteiger partial charge is 0.253 e. The van der Waals surface area contributed by atoms with Gasteiger partial charge in [0, 0.05) is 15.8 Å². The van der Waals surface area contributed by atoms with Crippen LogP contribution in [0.25, 0.3) is 5.69 Å². The van der Waals surface area contributed by atoms with Crippen LogP contribution in [0.1, 0.15) is 34.7 Å². The van der Waals surface area contributed by atoms with Crippen LogP contribution >= 0.6 is 58.2 Å². The number of halogens is 5. The summed E-state index contributed by atoms with van der Waals surface area (Å²) in [6.45, 7) is 1.78. The van der Waals surface area contributed by atoms with Gasteiger partial charge in [0.05, 0.1) is 27.3 Å². The zero-order valence-electron chi connectivity index (χ0n) is 18.1. The number of aromatic nitrogens is 3. The molecule has 0 radical (unpaired) electrons. The van der Waals surface area contributed by atoms with E-state index in [1.165, 1.54) is 30.0 Å². The lowest BCUT2D eigenvalue weighted by Crippen LogP contribution is -2.29. The van der Waals surface area contributed by atoms with Gasteiger partial charge in [-0.05, 0) is 61.0 Å². The Morgan fingerprint density at radius 1 is 0.971 bits per heavy atom. The summed E-state index contributed by atoms with van der Waals surface area (Å²) in [5, 5.41) is 13.6. The molecule has 4 rings (SSSR count). The van der Waals surface area contributed by atoms with Crippen LogP contribution in [0, 0.1) is 5.82 Å². The predicted octanol–water partition coefficient (Wildman–Crippen LogP) is 7.80. The van der Waals surface area contributed by atoms with E-state index < -0.39 is 11.9 Å². The van der Waals surface area contributed by atoms with Gasteiger partial charge in [0.25, 0.3) is 5.91 Å². The molecule has 1 N–H and O–H groups in total. The zero-order chi connectivity index (χ0) is 25.1. The molecule has 180 valence electrons. The maximum Gasteiger partial charge on any atom is 0.253 e. The fraction of sp³-hybridized carbons (Fsp3) is 0.125. The Labute approximate surface area is 225 Å². The SMILES string of the molecule is CC(NC(=O)c1ccc(Cl)cc1Cl)c1nnc(SCc2ccc(F)cc2)n1-c1ccc(Cl)cc1Cl. The highest BCUT2D eigenvalue weighted by molar-refractivity contribution is 7.98. The van der Waals surface area contributed by atoms with Gasteiger partial charge in [-0.25, -0.2) is 4.39 Å². The lowest BCUT2D eigenvalue weighted by atomic mass is 10.2. The second-order valence-corrected chi connectivity index (χ2v) is 10.1. The number of rotatable bonds is 7. The van der Waals surface area contributed by atoms with Crippen molar-refractivity contribution in [2.24, 2.45) is 0 Å². The minimum Gasteiger partial charge on any atom is -0.342 e. The molecule has 4 aromatic rings. The summed E-state index contributed by atoms with van der Waals surface area (Å²) < 4.78 is 15.0. The molecule has 1 heterocycles. The van der Waals surface area contributed by atoms with Crippen LogP contribution in [0.3, 0.4) is 0 Å². The van der Waals surface area contributed by atoms with Gasteiger partial charge in [0.1, 0.15) is 5.82 Å². The largest absolute Gasteiger partial charge is 0.342 e. The second-order valence-electron chi connectivity index (χ2n) is 7.51. The normalized spacial score (nSPS) is 11.9. The van der Waals surface area contributed by atoms with E-state index in [1.807, 2.05) is 0 Å². The average Bonchev–Trinajstić information content (AvgIpc) is 3.22. The first kappa shape index (κ1) is 25.8. The molecule has 0 aliphatic rings. The number of benzene rings is 3. The van der Waals surface area contributed by atoms with Gasteiger partial charge in [-0.1, -0.05) is 70.3 Å². The number of amides is 1. The van der Waals surface area contributed by atoms with E-state index in [9.17, 15) is 9.18 Å². The van der Waals surface area contributed by atoms with Crippen molar-refractivity contribution in [3.8, 4) is 5.69 Å². The Kier molecular flexibility index (Phi) is 8.24. The molecule has 5 nitrogen and oxygen atoms in total. The van der Waals surface area contributed by atoms with Crippen LogP contribution in [0.15, 0.2) is 65.8 Å². The van der Waals surface area contributed by atoms with Gasteiger partial charge in [-0.3, -0.25) is 9.36 Å². The molecule has 0 bridgehead atoms. The topological polar surface area (TPSA) is 59.8 Å². The summed E-state index contributed by atoms with van der Waals surface area (Å²) in [5.41, 5.74) is 1.79. The summed E-state index contributed by atoms with van der Waals surface area (Å²) in [6.07, 6.45) is 0. The van der Waals surface area contributed by atoms with Crippen LogP contribution in [-0.2, 0) is 5.75 Å². The standard InChI is InChI=1S/C24H17Cl4FN4OS/c1-13(30-23(34)18-8-4-15(25)10-19(18)27)22-31-32-24(35-12-14-2-6-17(29)7-3-14)33(22)21-9-5-16(26)11-20(21)28/h2-11,13H,12H2,1H3,(H,30,34). The quantitative estimate of drug-likeness (QED) is 0.231. The van der Waals surface area contributed by atoms with E-state index in [2.05, 4.69) is 15.5 Å². The Morgan fingerprint density at radius 3 is 2.29 bits per heavy atom. The molecule has 0 saturated carbocycles. The first-order valence-electron chi connectivity index (χ1n) is 10.3. The van der Waals surface area contributed by atoms with E-state index in [0.717, 1.165) is 5.56 Å². The average molecular weight is 570 g/mol. The molecule has 0 aliphatic carbocycles. The molecule has 35 heavy (non-hydrogen) atoms. The highest BCUT2D eigenvalue weighted by atomic mass is 35.5. The summed E-state index contributed by atoms with van der Waals surface area (Å²) in [7, 11) is 0. The van der Waals surface area contributed by atoms with Crippen LogP contribution in [-0.4, -0.2) is 20.7 Å². The van der Waals surface area contributed by atoms with Gasteiger partial charge in [0.15, 0.2) is 11.0 Å². The van der Waals surface area contributed by atoms with Crippen LogP contribution in [0.2, 0.25) is 20.1 Å². The summed E-state index contributed by atoms with van der Waals surface area (Å²) >= 11 is 26.1. The number of nitrogens with zero attached hydrogens (tertiary/aromatic N) is 3. The first-order valence-corrected chi connectivity index (χ1v) is 12.8. The van der Waals surface area contributed by atoms with Gasteiger partial charge in [-0.15, -0.1) is 10.2 Å². The van der Waals surface area contributed by atoms with Crippen molar-refractivity contribution in [1.82, 2.24) is 20.1 Å². The third kappa shape index (κ3) is 6.11. The summed E-state index contributed by atoms with van der Waals surface area (Å²) in [5.74, 6) is 0.276. The lowest BCUT2D eigenvalue weighted by molar-refractivity contribution is 0.0938. The van der Waals surface area contributed by atoms with Crippen LogP contribution < -0.4 is 5.32 Å². The number of hydrogen-bond donors (Lipinski definition) is 1. The van der Waals surface area contributed by atoms with Crippen molar-refractivity contribution in [2.45, 2.75) is 23.9 Å². The van der Waals surface area contributed by atoms with Gasteiger partial charge in [-0.2, -0.15) is 0 Å². The van der Waals surface area contributed by atoms with E-state index in [-0.39, 0.29) is 16.4 Å². The lowest BCUT2D eigenvalue weighted by Gasteiger charge is -2.17. The van der Waals surface area contributed by atoms with E-state index in [4.69, 9.17) is 46.4 Å². The molecule has 1 atom stereocenters. The second kappa shape index (κ2) is 11.2. The molecule has 3 aromatic carbocycles. The Bertz CT molecular complexity index is 1380. The fourth-order valence-corrected chi connectivity index (χ4v) is 5.18. The highest BCUT2D eigenvalue weighted by Crippen LogP contribution is 2.32. The van der Waals surface area contributed by atoms with Crippen LogP contribution in [0.4, 0.5) is 4.39 Å². The van der Waals surface area contributed by atoms with Crippen molar-refractivity contribution in [3.63, 3.8) is 0 Å². The minimum atomic E-state index is -0.561. The van der Waals surface area contributed by atoms with Crippen molar-refractivity contribution in [2.75, 3.05) is 0 Å². The molecule has 1 amide bonds. The Balaban J connectivity index is 1.66. The number of carbonyl (C=O) groups excluding carboxylic acids is 1. The van der Waals surface area contributed by atoms with Crippen LogP contribution in [0.5, 0.6) is 0 Å². The summed E-state index contributed by atoms with van der Waals surface area (Å²) in [6, 6.07) is 15.4. The third-order valence-electron chi connectivity index (χ3n) is 5.00. The van der Waals surface area contributed by atoms with Gasteiger partial charge >= 0.3 is 0 Å². The van der Waals surface area contributed by atoms with E-state index in [0.29, 0.717) is 37.5 Å². The molecule has 0 spiro atoms. The Morgan fingerprint density at radius 2 is 1.63 bits per heavy atom. The number of carbonyl (C=O) groups is 1. The van der Waals surface area contributed by atoms with Gasteiger partial charge in [0.2, 0.25) is 0 Å².